The predicted octanol–water partition coefficient (Wildman–Crippen LogP) is 2.38. The molecule has 1 aromatic carbocycles. The Bertz CT molecular complexity index is 1040. The van der Waals surface area contributed by atoms with Gasteiger partial charge in [-0.15, -0.1) is 5.10 Å². The molecule has 1 fully saturated rings. The van der Waals surface area contributed by atoms with Crippen molar-refractivity contribution in [3.63, 3.8) is 0 Å². The molecule has 1 unspecified atom stereocenters. The molecule has 0 radical (unpaired) electrons. The van der Waals surface area contributed by atoms with E-state index in [4.69, 9.17) is 4.74 Å². The first kappa shape index (κ1) is 19.2. The van der Waals surface area contributed by atoms with Crippen LogP contribution >= 0.6 is 0 Å². The fraction of sp³-hybridized carbons (Fsp3) is 0.263. The van der Waals surface area contributed by atoms with Gasteiger partial charge in [0.2, 0.25) is 0 Å². The molecule has 10 heteroatoms. The molecule has 1 amide bonds. The molecule has 3 heterocycles. The molecular weight excluding hydrogens is 397 g/mol. The molecule has 3 aromatic rings. The summed E-state index contributed by atoms with van der Waals surface area (Å²) in [6.07, 6.45) is 5.47. The number of carbonyl (C=O) groups excluding carboxylic acids is 1. The van der Waals surface area contributed by atoms with E-state index in [0.717, 1.165) is 0 Å². The topological polar surface area (TPSA) is 90.2 Å². The van der Waals surface area contributed by atoms with E-state index in [0.29, 0.717) is 41.4 Å². The Morgan fingerprint density at radius 2 is 2.17 bits per heavy atom. The van der Waals surface area contributed by atoms with Crippen molar-refractivity contribution < 1.29 is 18.1 Å². The maximum atomic E-state index is 14.8. The summed E-state index contributed by atoms with van der Waals surface area (Å²) >= 11 is 0. The average molecular weight is 415 g/mol. The Morgan fingerprint density at radius 1 is 1.31 bits per heavy atom. The van der Waals surface area contributed by atoms with Gasteiger partial charge in [-0.2, -0.15) is 0 Å². The molecule has 4 rings (SSSR count). The number of hydrogen-bond acceptors (Lipinski definition) is 6. The van der Waals surface area contributed by atoms with Crippen LogP contribution in [0.3, 0.4) is 0 Å². The van der Waals surface area contributed by atoms with Crippen molar-refractivity contribution in [1.82, 2.24) is 20.0 Å². The number of anilines is 1. The summed E-state index contributed by atoms with van der Waals surface area (Å²) in [5.41, 5.74) is 2.08. The van der Waals surface area contributed by atoms with E-state index >= 15 is 0 Å². The van der Waals surface area contributed by atoms with Crippen molar-refractivity contribution in [1.29, 1.82) is 0 Å². The summed E-state index contributed by atoms with van der Waals surface area (Å²) in [6, 6.07) is 8.07. The summed E-state index contributed by atoms with van der Waals surface area (Å²) in [4.78, 5) is 17.8. The molecule has 0 N–H and O–H groups in total. The smallest absolute Gasteiger partial charge is 0.414 e. The second-order valence-electron chi connectivity index (χ2n) is 6.66. The van der Waals surface area contributed by atoms with Crippen LogP contribution in [0.4, 0.5) is 14.9 Å². The molecule has 0 aliphatic carbocycles. The summed E-state index contributed by atoms with van der Waals surface area (Å²) < 4.78 is 33.0. The van der Waals surface area contributed by atoms with E-state index in [2.05, 4.69) is 15.3 Å². The molecule has 0 saturated carbocycles. The maximum Gasteiger partial charge on any atom is 0.414 e. The molecule has 1 aliphatic heterocycles. The van der Waals surface area contributed by atoms with Gasteiger partial charge in [0.1, 0.15) is 11.9 Å². The maximum absolute atomic E-state index is 14.8. The minimum atomic E-state index is -0.989. The first-order chi connectivity index (χ1) is 14.0. The van der Waals surface area contributed by atoms with Crippen LogP contribution in [0.15, 0.2) is 48.9 Å². The molecule has 2 aromatic heterocycles. The number of pyridine rings is 1. The van der Waals surface area contributed by atoms with Crippen LogP contribution in [-0.4, -0.2) is 49.2 Å². The van der Waals surface area contributed by atoms with Gasteiger partial charge in [0.25, 0.3) is 0 Å². The molecule has 2 atom stereocenters. The number of ether oxygens (including phenoxy) is 1. The third-order valence-electron chi connectivity index (χ3n) is 4.49. The normalized spacial score (nSPS) is 17.4. The SMILES string of the molecule is CS(=O)Cc1ccc(-c2ccc(N3C[C@H](Cn4ccnn4)OC3=O)cc2F)cn1. The minimum absolute atomic E-state index is 0.294. The number of aromatic nitrogens is 4. The van der Waals surface area contributed by atoms with Gasteiger partial charge in [0.15, 0.2) is 0 Å². The van der Waals surface area contributed by atoms with E-state index in [9.17, 15) is 13.4 Å². The van der Waals surface area contributed by atoms with E-state index in [-0.39, 0.29) is 0 Å². The molecule has 1 saturated heterocycles. The van der Waals surface area contributed by atoms with Gasteiger partial charge in [-0.05, 0) is 24.3 Å². The number of benzene rings is 1. The Hall–Kier alpha value is -3.14. The van der Waals surface area contributed by atoms with Gasteiger partial charge in [-0.25, -0.2) is 13.9 Å². The van der Waals surface area contributed by atoms with E-state index in [1.165, 1.54) is 11.0 Å². The lowest BCUT2D eigenvalue weighted by atomic mass is 10.1. The predicted molar refractivity (Wildman–Crippen MR) is 105 cm³/mol. The average Bonchev–Trinajstić information content (AvgIpc) is 3.32. The Morgan fingerprint density at radius 3 is 2.83 bits per heavy atom. The van der Waals surface area contributed by atoms with Crippen LogP contribution in [0.1, 0.15) is 5.69 Å². The van der Waals surface area contributed by atoms with Crippen LogP contribution < -0.4 is 4.90 Å². The fourth-order valence-corrected chi connectivity index (χ4v) is 3.74. The molecule has 8 nitrogen and oxygen atoms in total. The fourth-order valence-electron chi connectivity index (χ4n) is 3.15. The summed E-state index contributed by atoms with van der Waals surface area (Å²) in [7, 11) is -0.989. The van der Waals surface area contributed by atoms with Crippen LogP contribution in [0.25, 0.3) is 11.1 Å². The van der Waals surface area contributed by atoms with Crippen molar-refractivity contribution in [2.24, 2.45) is 0 Å². The van der Waals surface area contributed by atoms with Crippen LogP contribution in [0, 0.1) is 5.82 Å². The number of nitrogens with zero attached hydrogens (tertiary/aromatic N) is 5. The largest absolute Gasteiger partial charge is 0.442 e. The van der Waals surface area contributed by atoms with Crippen molar-refractivity contribution >= 4 is 22.6 Å². The number of hydrogen-bond donors (Lipinski definition) is 0. The monoisotopic (exact) mass is 415 g/mol. The molecule has 29 heavy (non-hydrogen) atoms. The zero-order valence-corrected chi connectivity index (χ0v) is 16.4. The quantitative estimate of drug-likeness (QED) is 0.614. The highest BCUT2D eigenvalue weighted by molar-refractivity contribution is 7.83. The van der Waals surface area contributed by atoms with Crippen LogP contribution in [0.5, 0.6) is 0 Å². The first-order valence-electron chi connectivity index (χ1n) is 8.87. The van der Waals surface area contributed by atoms with E-state index in [1.54, 1.807) is 53.8 Å². The molecule has 1 aliphatic rings. The van der Waals surface area contributed by atoms with Crippen molar-refractivity contribution in [3.05, 3.63) is 60.4 Å². The Kier molecular flexibility index (Phi) is 5.34. The Balaban J connectivity index is 1.49. The summed E-state index contributed by atoms with van der Waals surface area (Å²) in [5, 5.41) is 7.58. The highest BCUT2D eigenvalue weighted by Gasteiger charge is 2.33. The lowest BCUT2D eigenvalue weighted by Gasteiger charge is -2.14. The van der Waals surface area contributed by atoms with Crippen LogP contribution in [0.2, 0.25) is 0 Å². The van der Waals surface area contributed by atoms with Gasteiger partial charge in [-0.1, -0.05) is 11.3 Å². The molecule has 0 spiro atoms. The standard InChI is InChI=1S/C19H18FN5O3S/c1-29(27)12-14-3-2-13(9-21-14)17-5-4-15(8-18(17)20)25-11-16(28-19(25)26)10-24-7-6-22-23-24/h2-9,16H,10-12H2,1H3/t16-,29?/m0/s1. The third-order valence-corrected chi connectivity index (χ3v) is 5.19. The highest BCUT2D eigenvalue weighted by Crippen LogP contribution is 2.29. The second-order valence-corrected chi connectivity index (χ2v) is 8.10. The number of carbonyl (C=O) groups is 1. The van der Waals surface area contributed by atoms with E-state index < -0.39 is 28.8 Å². The molecule has 0 bridgehead atoms. The van der Waals surface area contributed by atoms with Crippen LogP contribution in [-0.2, 0) is 27.8 Å². The lowest BCUT2D eigenvalue weighted by molar-refractivity contribution is 0.129. The van der Waals surface area contributed by atoms with Crippen molar-refractivity contribution in [2.45, 2.75) is 18.4 Å². The minimum Gasteiger partial charge on any atom is -0.442 e. The number of rotatable bonds is 6. The van der Waals surface area contributed by atoms with E-state index in [1.807, 2.05) is 0 Å². The van der Waals surface area contributed by atoms with Gasteiger partial charge in [-0.3, -0.25) is 14.1 Å². The zero-order chi connectivity index (χ0) is 20.4. The van der Waals surface area contributed by atoms with Gasteiger partial charge < -0.3 is 4.74 Å². The third kappa shape index (κ3) is 4.32. The first-order valence-corrected chi connectivity index (χ1v) is 10.6. The lowest BCUT2D eigenvalue weighted by Crippen LogP contribution is -2.26. The Labute approximate surface area is 168 Å². The van der Waals surface area contributed by atoms with Gasteiger partial charge in [0.05, 0.1) is 36.4 Å². The highest BCUT2D eigenvalue weighted by atomic mass is 32.2. The summed E-state index contributed by atoms with van der Waals surface area (Å²) in [6.45, 7) is 0.672. The molecule has 150 valence electrons. The summed E-state index contributed by atoms with van der Waals surface area (Å²) in [5.74, 6) is -0.113. The number of amides is 1. The van der Waals surface area contributed by atoms with Gasteiger partial charge >= 0.3 is 6.09 Å². The second kappa shape index (κ2) is 8.08. The van der Waals surface area contributed by atoms with Crippen molar-refractivity contribution in [2.75, 3.05) is 17.7 Å². The van der Waals surface area contributed by atoms with Crippen molar-refractivity contribution in [3.8, 4) is 11.1 Å². The molecular formula is C19H18FN5O3S. The number of halogens is 1. The van der Waals surface area contributed by atoms with Gasteiger partial charge in [0, 0.05) is 40.6 Å². The zero-order valence-electron chi connectivity index (χ0n) is 15.6. The number of cyclic esters (lactones) is 1.